The van der Waals surface area contributed by atoms with E-state index in [9.17, 15) is 4.79 Å². The first-order chi connectivity index (χ1) is 4.25. The van der Waals surface area contributed by atoms with E-state index in [0.29, 0.717) is 6.29 Å². The SMILES string of the molecule is O=C[C@@H]1OC[C@@H](O)[C@@H]1O. The van der Waals surface area contributed by atoms with Crippen LogP contribution < -0.4 is 0 Å². The molecule has 4 nitrogen and oxygen atoms in total. The summed E-state index contributed by atoms with van der Waals surface area (Å²) in [5, 5.41) is 17.6. The minimum Gasteiger partial charge on any atom is -0.388 e. The Kier molecular flexibility index (Phi) is 1.80. The fourth-order valence-electron chi connectivity index (χ4n) is 0.746. The molecule has 3 atom stereocenters. The van der Waals surface area contributed by atoms with Crippen LogP contribution in [0.3, 0.4) is 0 Å². The zero-order chi connectivity index (χ0) is 6.85. The van der Waals surface area contributed by atoms with Crippen molar-refractivity contribution in [2.75, 3.05) is 6.61 Å². The number of carbonyl (C=O) groups excluding carboxylic acids is 1. The molecule has 1 aliphatic heterocycles. The van der Waals surface area contributed by atoms with E-state index >= 15 is 0 Å². The molecule has 1 saturated heterocycles. The van der Waals surface area contributed by atoms with Crippen LogP contribution in [0.15, 0.2) is 0 Å². The molecule has 0 bridgehead atoms. The van der Waals surface area contributed by atoms with E-state index in [1.165, 1.54) is 0 Å². The molecule has 0 aromatic rings. The van der Waals surface area contributed by atoms with Gasteiger partial charge in [0.15, 0.2) is 6.29 Å². The van der Waals surface area contributed by atoms with Gasteiger partial charge in [0, 0.05) is 0 Å². The molecule has 0 saturated carbocycles. The van der Waals surface area contributed by atoms with Gasteiger partial charge in [-0.3, -0.25) is 0 Å². The Labute approximate surface area is 52.1 Å². The summed E-state index contributed by atoms with van der Waals surface area (Å²) >= 11 is 0. The van der Waals surface area contributed by atoms with Gasteiger partial charge in [-0.1, -0.05) is 0 Å². The van der Waals surface area contributed by atoms with Crippen molar-refractivity contribution in [1.82, 2.24) is 0 Å². The Hall–Kier alpha value is -0.450. The quantitative estimate of drug-likeness (QED) is 0.417. The summed E-state index contributed by atoms with van der Waals surface area (Å²) < 4.78 is 4.66. The molecule has 0 aliphatic carbocycles. The van der Waals surface area contributed by atoms with Gasteiger partial charge in [0.05, 0.1) is 6.61 Å². The molecule has 0 aromatic carbocycles. The fourth-order valence-corrected chi connectivity index (χ4v) is 0.746. The molecule has 1 fully saturated rings. The van der Waals surface area contributed by atoms with Crippen molar-refractivity contribution in [2.45, 2.75) is 18.3 Å². The zero-order valence-corrected chi connectivity index (χ0v) is 4.73. The number of aliphatic hydroxyl groups is 2. The van der Waals surface area contributed by atoms with Crippen molar-refractivity contribution in [3.8, 4) is 0 Å². The molecular weight excluding hydrogens is 124 g/mol. The smallest absolute Gasteiger partial charge is 0.151 e. The van der Waals surface area contributed by atoms with Crippen LogP contribution in [-0.2, 0) is 9.53 Å². The van der Waals surface area contributed by atoms with E-state index in [-0.39, 0.29) is 6.61 Å². The van der Waals surface area contributed by atoms with E-state index in [1.807, 2.05) is 0 Å². The summed E-state index contributed by atoms with van der Waals surface area (Å²) in [5.41, 5.74) is 0. The van der Waals surface area contributed by atoms with Crippen molar-refractivity contribution < 1.29 is 19.7 Å². The fraction of sp³-hybridized carbons (Fsp3) is 0.800. The van der Waals surface area contributed by atoms with Crippen LogP contribution in [0.1, 0.15) is 0 Å². The molecule has 1 heterocycles. The molecule has 0 spiro atoms. The van der Waals surface area contributed by atoms with Crippen LogP contribution >= 0.6 is 0 Å². The molecule has 2 N–H and O–H groups in total. The van der Waals surface area contributed by atoms with Crippen molar-refractivity contribution in [1.29, 1.82) is 0 Å². The topological polar surface area (TPSA) is 66.8 Å². The van der Waals surface area contributed by atoms with Gasteiger partial charge in [-0.15, -0.1) is 0 Å². The molecule has 4 heteroatoms. The highest BCUT2D eigenvalue weighted by atomic mass is 16.5. The monoisotopic (exact) mass is 132 g/mol. The third-order valence-electron chi connectivity index (χ3n) is 1.32. The van der Waals surface area contributed by atoms with Crippen LogP contribution in [-0.4, -0.2) is 41.4 Å². The van der Waals surface area contributed by atoms with Gasteiger partial charge in [0.1, 0.15) is 18.3 Å². The standard InChI is InChI=1S/C5H8O4/c6-1-4-5(8)3(7)2-9-4/h1,3-5,7-8H,2H2/t3-,4+,5+/m1/s1. The van der Waals surface area contributed by atoms with Crippen LogP contribution in [0.4, 0.5) is 0 Å². The molecule has 0 radical (unpaired) electrons. The lowest BCUT2D eigenvalue weighted by atomic mass is 10.2. The Morgan fingerprint density at radius 1 is 1.56 bits per heavy atom. The van der Waals surface area contributed by atoms with Crippen molar-refractivity contribution in [3.05, 3.63) is 0 Å². The molecule has 0 aromatic heterocycles. The van der Waals surface area contributed by atoms with E-state index in [0.717, 1.165) is 0 Å². The average Bonchev–Trinajstić information content (AvgIpc) is 2.15. The largest absolute Gasteiger partial charge is 0.388 e. The first-order valence-electron chi connectivity index (χ1n) is 2.68. The van der Waals surface area contributed by atoms with Crippen LogP contribution in [0.5, 0.6) is 0 Å². The van der Waals surface area contributed by atoms with Gasteiger partial charge in [0.2, 0.25) is 0 Å². The van der Waals surface area contributed by atoms with Crippen molar-refractivity contribution >= 4 is 6.29 Å². The van der Waals surface area contributed by atoms with E-state index in [4.69, 9.17) is 10.2 Å². The second-order valence-electron chi connectivity index (χ2n) is 1.99. The Balaban J connectivity index is 2.50. The minimum absolute atomic E-state index is 0.0462. The van der Waals surface area contributed by atoms with Gasteiger partial charge < -0.3 is 19.7 Å². The number of carbonyl (C=O) groups is 1. The lowest BCUT2D eigenvalue weighted by Gasteiger charge is -2.06. The van der Waals surface area contributed by atoms with Crippen LogP contribution in [0.25, 0.3) is 0 Å². The highest BCUT2D eigenvalue weighted by Gasteiger charge is 2.33. The summed E-state index contributed by atoms with van der Waals surface area (Å²) in [5.74, 6) is 0. The highest BCUT2D eigenvalue weighted by molar-refractivity contribution is 5.57. The predicted octanol–water partition coefficient (Wildman–Crippen LogP) is -1.69. The highest BCUT2D eigenvalue weighted by Crippen LogP contribution is 2.11. The second kappa shape index (κ2) is 2.43. The summed E-state index contributed by atoms with van der Waals surface area (Å²) in [6.07, 6.45) is -2.29. The Morgan fingerprint density at radius 3 is 2.44 bits per heavy atom. The maximum absolute atomic E-state index is 9.97. The maximum atomic E-state index is 9.97. The van der Waals surface area contributed by atoms with Gasteiger partial charge in [-0.05, 0) is 0 Å². The van der Waals surface area contributed by atoms with Gasteiger partial charge in [-0.2, -0.15) is 0 Å². The third-order valence-corrected chi connectivity index (χ3v) is 1.32. The number of aliphatic hydroxyl groups excluding tert-OH is 2. The maximum Gasteiger partial charge on any atom is 0.151 e. The molecule has 9 heavy (non-hydrogen) atoms. The van der Waals surface area contributed by atoms with Gasteiger partial charge >= 0.3 is 0 Å². The number of aldehydes is 1. The minimum atomic E-state index is -1.04. The van der Waals surface area contributed by atoms with Crippen molar-refractivity contribution in [2.24, 2.45) is 0 Å². The molecule has 1 aliphatic rings. The Morgan fingerprint density at radius 2 is 2.22 bits per heavy atom. The first-order valence-corrected chi connectivity index (χ1v) is 2.68. The number of rotatable bonds is 1. The predicted molar refractivity (Wildman–Crippen MR) is 27.8 cm³/mol. The molecule has 1 rings (SSSR count). The molecule has 0 amide bonds. The van der Waals surface area contributed by atoms with E-state index in [2.05, 4.69) is 4.74 Å². The lowest BCUT2D eigenvalue weighted by Crippen LogP contribution is -2.30. The summed E-state index contributed by atoms with van der Waals surface area (Å²) in [6.45, 7) is 0.0462. The normalized spacial score (nSPS) is 43.1. The second-order valence-corrected chi connectivity index (χ2v) is 1.99. The van der Waals surface area contributed by atoms with Crippen LogP contribution in [0.2, 0.25) is 0 Å². The summed E-state index contributed by atoms with van der Waals surface area (Å²) in [7, 11) is 0. The zero-order valence-electron chi connectivity index (χ0n) is 4.73. The van der Waals surface area contributed by atoms with Gasteiger partial charge in [0.25, 0.3) is 0 Å². The molecule has 0 unspecified atom stereocenters. The number of hydrogen-bond donors (Lipinski definition) is 2. The summed E-state index contributed by atoms with van der Waals surface area (Å²) in [4.78, 5) is 9.97. The Bertz CT molecular complexity index is 114. The lowest BCUT2D eigenvalue weighted by molar-refractivity contribution is -0.119. The molecular formula is C5H8O4. The molecule has 52 valence electrons. The van der Waals surface area contributed by atoms with Gasteiger partial charge in [-0.25, -0.2) is 0 Å². The first kappa shape index (κ1) is 6.67. The van der Waals surface area contributed by atoms with E-state index in [1.54, 1.807) is 0 Å². The number of hydrogen-bond acceptors (Lipinski definition) is 4. The average molecular weight is 132 g/mol. The van der Waals surface area contributed by atoms with E-state index < -0.39 is 18.3 Å². The van der Waals surface area contributed by atoms with Crippen molar-refractivity contribution in [3.63, 3.8) is 0 Å². The summed E-state index contributed by atoms with van der Waals surface area (Å²) in [6, 6.07) is 0. The number of ether oxygens (including phenoxy) is 1. The third kappa shape index (κ3) is 1.10. The van der Waals surface area contributed by atoms with Crippen LogP contribution in [0, 0.1) is 0 Å².